The number of sulfone groups is 1. The van der Waals surface area contributed by atoms with Gasteiger partial charge in [0.25, 0.3) is 0 Å². The first kappa shape index (κ1) is 21.7. The van der Waals surface area contributed by atoms with Crippen molar-refractivity contribution in [3.05, 3.63) is 0 Å². The number of hydrogen-bond donors (Lipinski definition) is 3. The average molecular weight is 376 g/mol. The third-order valence-corrected chi connectivity index (χ3v) is 7.00. The van der Waals surface area contributed by atoms with Gasteiger partial charge < -0.3 is 16.0 Å². The van der Waals surface area contributed by atoms with Crippen molar-refractivity contribution in [2.45, 2.75) is 44.4 Å². The minimum absolute atomic E-state index is 0.0314. The zero-order valence-electron chi connectivity index (χ0n) is 16.1. The largest absolute Gasteiger partial charge is 0.358 e. The van der Waals surface area contributed by atoms with Crippen LogP contribution in [0, 0.1) is 0 Å². The molecule has 9 heteroatoms. The van der Waals surface area contributed by atoms with E-state index in [-0.39, 0.29) is 17.7 Å². The van der Waals surface area contributed by atoms with Crippen LogP contribution < -0.4 is 16.0 Å². The number of amides is 1. The molecule has 146 valence electrons. The normalized spacial score (nSPS) is 18.0. The summed E-state index contributed by atoms with van der Waals surface area (Å²) in [5, 5.41) is 9.05. The maximum atomic E-state index is 12.1. The van der Waals surface area contributed by atoms with Gasteiger partial charge in [-0.3, -0.25) is 14.7 Å². The molecule has 1 amide bonds. The lowest BCUT2D eigenvalue weighted by atomic mass is 10.1. The molecule has 1 fully saturated rings. The van der Waals surface area contributed by atoms with Crippen molar-refractivity contribution in [3.8, 4) is 0 Å². The van der Waals surface area contributed by atoms with E-state index in [9.17, 15) is 13.2 Å². The number of likely N-dealkylation sites (tertiary alicyclic amines) is 1. The third kappa shape index (κ3) is 7.19. The number of guanidine groups is 1. The van der Waals surface area contributed by atoms with Gasteiger partial charge in [-0.1, -0.05) is 0 Å². The lowest BCUT2D eigenvalue weighted by Crippen LogP contribution is -2.50. The highest BCUT2D eigenvalue weighted by Crippen LogP contribution is 2.15. The van der Waals surface area contributed by atoms with E-state index in [2.05, 4.69) is 25.8 Å². The highest BCUT2D eigenvalue weighted by molar-refractivity contribution is 7.92. The number of carbonyl (C=O) groups is 1. The second-order valence-electron chi connectivity index (χ2n) is 7.30. The maximum absolute atomic E-state index is 12.1. The highest BCUT2D eigenvalue weighted by atomic mass is 32.2. The van der Waals surface area contributed by atoms with Crippen LogP contribution >= 0.6 is 0 Å². The zero-order valence-corrected chi connectivity index (χ0v) is 16.9. The number of nitrogens with one attached hydrogen (secondary N) is 3. The topological polar surface area (TPSA) is 103 Å². The summed E-state index contributed by atoms with van der Waals surface area (Å²) in [6, 6.07) is 0.270. The van der Waals surface area contributed by atoms with Gasteiger partial charge in [0.15, 0.2) is 15.8 Å². The van der Waals surface area contributed by atoms with Crippen molar-refractivity contribution in [2.75, 3.05) is 46.0 Å². The van der Waals surface area contributed by atoms with E-state index in [1.54, 1.807) is 34.9 Å². The summed E-state index contributed by atoms with van der Waals surface area (Å²) in [4.78, 5) is 17.7. The number of piperidine rings is 1. The lowest BCUT2D eigenvalue weighted by Gasteiger charge is -2.32. The van der Waals surface area contributed by atoms with E-state index in [4.69, 9.17) is 0 Å². The molecule has 0 bridgehead atoms. The summed E-state index contributed by atoms with van der Waals surface area (Å²) in [6.45, 7) is 7.59. The summed E-state index contributed by atoms with van der Waals surface area (Å²) in [5.41, 5.74) is 0. The Morgan fingerprint density at radius 3 is 2.32 bits per heavy atom. The monoisotopic (exact) mass is 375 g/mol. The molecule has 25 heavy (non-hydrogen) atoms. The predicted molar refractivity (Wildman–Crippen MR) is 102 cm³/mol. The fourth-order valence-corrected chi connectivity index (χ4v) is 3.50. The Labute approximate surface area is 151 Å². The average Bonchev–Trinajstić information content (AvgIpc) is 2.54. The van der Waals surface area contributed by atoms with Gasteiger partial charge in [-0.15, -0.1) is 0 Å². The first-order valence-electron chi connectivity index (χ1n) is 8.71. The molecule has 3 N–H and O–H groups in total. The Morgan fingerprint density at radius 2 is 1.84 bits per heavy atom. The molecular formula is C16H33N5O3S. The molecule has 1 heterocycles. The Balaban J connectivity index is 2.37. The van der Waals surface area contributed by atoms with Crippen molar-refractivity contribution in [3.63, 3.8) is 0 Å². The van der Waals surface area contributed by atoms with Crippen LogP contribution in [-0.4, -0.2) is 82.0 Å². The number of nitrogens with zero attached hydrogens (tertiary/aromatic N) is 2. The van der Waals surface area contributed by atoms with Crippen molar-refractivity contribution in [2.24, 2.45) is 4.99 Å². The number of aliphatic imine (C=N–C) groups is 1. The Bertz CT molecular complexity index is 561. The minimum Gasteiger partial charge on any atom is -0.358 e. The van der Waals surface area contributed by atoms with Gasteiger partial charge in [0.1, 0.15) is 0 Å². The molecule has 0 atom stereocenters. The van der Waals surface area contributed by atoms with Crippen LogP contribution in [0.25, 0.3) is 0 Å². The fourth-order valence-electron chi connectivity index (χ4n) is 2.52. The van der Waals surface area contributed by atoms with Gasteiger partial charge in [0.2, 0.25) is 5.91 Å². The van der Waals surface area contributed by atoms with E-state index in [1.165, 1.54) is 0 Å². The molecule has 8 nitrogen and oxygen atoms in total. The zero-order chi connectivity index (χ0) is 19.1. The number of hydrogen-bond acceptors (Lipinski definition) is 5. The van der Waals surface area contributed by atoms with E-state index in [0.29, 0.717) is 19.0 Å². The van der Waals surface area contributed by atoms with Crippen LogP contribution in [0.2, 0.25) is 0 Å². The van der Waals surface area contributed by atoms with Gasteiger partial charge in [-0.25, -0.2) is 8.42 Å². The van der Waals surface area contributed by atoms with Crippen LogP contribution in [0.3, 0.4) is 0 Å². The van der Waals surface area contributed by atoms with Crippen molar-refractivity contribution < 1.29 is 13.2 Å². The van der Waals surface area contributed by atoms with E-state index in [1.807, 2.05) is 0 Å². The third-order valence-electron chi connectivity index (χ3n) is 4.39. The molecular weight excluding hydrogens is 342 g/mol. The summed E-state index contributed by atoms with van der Waals surface area (Å²) in [5.74, 6) is 0.722. The summed E-state index contributed by atoms with van der Waals surface area (Å²) in [7, 11) is 0.174. The van der Waals surface area contributed by atoms with Crippen LogP contribution in [-0.2, 0) is 14.6 Å². The molecule has 1 aliphatic rings. The molecule has 1 saturated heterocycles. The molecule has 0 aromatic carbocycles. The lowest BCUT2D eigenvalue weighted by molar-refractivity contribution is -0.122. The van der Waals surface area contributed by atoms with Crippen molar-refractivity contribution in [1.29, 1.82) is 0 Å². The van der Waals surface area contributed by atoms with E-state index in [0.717, 1.165) is 25.9 Å². The van der Waals surface area contributed by atoms with Crippen molar-refractivity contribution in [1.82, 2.24) is 20.9 Å². The molecule has 0 radical (unpaired) electrons. The first-order valence-corrected chi connectivity index (χ1v) is 10.4. The molecule has 0 saturated carbocycles. The number of likely N-dealkylation sites (N-methyl/N-ethyl adjacent to an activating group) is 1. The number of rotatable bonds is 6. The molecule has 0 aliphatic carbocycles. The fraction of sp³-hybridized carbons (Fsp3) is 0.875. The van der Waals surface area contributed by atoms with Gasteiger partial charge in [0, 0.05) is 39.8 Å². The van der Waals surface area contributed by atoms with Gasteiger partial charge in [0.05, 0.1) is 17.0 Å². The summed E-state index contributed by atoms with van der Waals surface area (Å²) >= 11 is 0. The van der Waals surface area contributed by atoms with Crippen LogP contribution in [0.5, 0.6) is 0 Å². The van der Waals surface area contributed by atoms with Gasteiger partial charge in [-0.05, 0) is 33.6 Å². The quantitative estimate of drug-likeness (QED) is 0.430. The van der Waals surface area contributed by atoms with Gasteiger partial charge >= 0.3 is 0 Å². The Kier molecular flexibility index (Phi) is 8.14. The molecule has 0 aromatic rings. The second-order valence-corrected chi connectivity index (χ2v) is 10.2. The standard InChI is InChI=1S/C16H33N5O3S/c1-16(2,3)25(23,24)11-8-19-15(18-5)20-13-6-9-21(10-7-13)12-14(22)17-4/h13H,6-12H2,1-5H3,(H,17,22)(H2,18,19,20). The van der Waals surface area contributed by atoms with E-state index < -0.39 is 14.6 Å². The smallest absolute Gasteiger partial charge is 0.233 e. The molecule has 0 spiro atoms. The predicted octanol–water partition coefficient (Wildman–Crippen LogP) is -0.425. The summed E-state index contributed by atoms with van der Waals surface area (Å²) in [6.07, 6.45) is 1.83. The summed E-state index contributed by atoms with van der Waals surface area (Å²) < 4.78 is 23.5. The SMILES string of the molecule is CN=C(NCCS(=O)(=O)C(C)(C)C)NC1CCN(CC(=O)NC)CC1. The first-order chi connectivity index (χ1) is 11.6. The Morgan fingerprint density at radius 1 is 1.24 bits per heavy atom. The van der Waals surface area contributed by atoms with Gasteiger partial charge in [-0.2, -0.15) is 0 Å². The Hall–Kier alpha value is -1.35. The molecule has 1 aliphatic heterocycles. The molecule has 0 aromatic heterocycles. The molecule has 0 unspecified atom stereocenters. The highest BCUT2D eigenvalue weighted by Gasteiger charge is 2.28. The van der Waals surface area contributed by atoms with Crippen LogP contribution in [0.4, 0.5) is 0 Å². The minimum atomic E-state index is -3.15. The van der Waals surface area contributed by atoms with Crippen LogP contribution in [0.1, 0.15) is 33.6 Å². The van der Waals surface area contributed by atoms with Crippen LogP contribution in [0.15, 0.2) is 4.99 Å². The van der Waals surface area contributed by atoms with E-state index >= 15 is 0 Å². The molecule has 1 rings (SSSR count). The van der Waals surface area contributed by atoms with Crippen molar-refractivity contribution >= 4 is 21.7 Å². The number of carbonyl (C=O) groups excluding carboxylic acids is 1. The maximum Gasteiger partial charge on any atom is 0.233 e. The second kappa shape index (κ2) is 9.38.